The zero-order chi connectivity index (χ0) is 16.2. The zero-order valence-electron chi connectivity index (χ0n) is 12.5. The van der Waals surface area contributed by atoms with Crippen LogP contribution in [0.15, 0.2) is 54.7 Å². The molecule has 3 aromatic rings. The minimum absolute atomic E-state index is 0.0698. The smallest absolute Gasteiger partial charge is 0.200 e. The first-order valence-corrected chi connectivity index (χ1v) is 7.40. The van der Waals surface area contributed by atoms with Crippen molar-refractivity contribution >= 4 is 28.3 Å². The third kappa shape index (κ3) is 3.27. The predicted octanol–water partition coefficient (Wildman–Crippen LogP) is 4.16. The number of methoxy groups -OCH3 is 1. The number of halogens is 1. The number of hydrogen-bond acceptors (Lipinski definition) is 4. The maximum atomic E-state index is 12.2. The first kappa shape index (κ1) is 15.3. The zero-order valence-corrected chi connectivity index (χ0v) is 13.2. The second-order valence-electron chi connectivity index (χ2n) is 4.89. The largest absolute Gasteiger partial charge is 0.497 e. The number of nitrogens with zero attached hydrogens (tertiary/aromatic N) is 1. The van der Waals surface area contributed by atoms with Crippen LogP contribution in [0.1, 0.15) is 10.4 Å². The molecule has 0 aliphatic rings. The van der Waals surface area contributed by atoms with E-state index in [2.05, 4.69) is 4.98 Å². The number of carbonyl (C=O) groups is 1. The molecule has 116 valence electrons. The molecule has 0 saturated carbocycles. The number of ketones is 1. The van der Waals surface area contributed by atoms with Crippen molar-refractivity contribution in [1.29, 1.82) is 0 Å². The van der Waals surface area contributed by atoms with Gasteiger partial charge in [-0.25, -0.2) is 0 Å². The molecule has 0 bridgehead atoms. The van der Waals surface area contributed by atoms with Crippen LogP contribution in [-0.4, -0.2) is 24.5 Å². The molecule has 0 aliphatic carbocycles. The molecule has 23 heavy (non-hydrogen) atoms. The monoisotopic (exact) mass is 327 g/mol. The predicted molar refractivity (Wildman–Crippen MR) is 89.6 cm³/mol. The Morgan fingerprint density at radius 3 is 2.65 bits per heavy atom. The van der Waals surface area contributed by atoms with Crippen molar-refractivity contribution in [3.63, 3.8) is 0 Å². The van der Waals surface area contributed by atoms with Gasteiger partial charge in [0.1, 0.15) is 17.0 Å². The van der Waals surface area contributed by atoms with E-state index >= 15 is 0 Å². The molecular formula is C18H14ClNO3. The third-order valence-corrected chi connectivity index (χ3v) is 3.78. The molecule has 0 saturated heterocycles. The number of ether oxygens (including phenoxy) is 2. The summed E-state index contributed by atoms with van der Waals surface area (Å²) < 4.78 is 10.7. The van der Waals surface area contributed by atoms with Crippen molar-refractivity contribution in [2.45, 2.75) is 0 Å². The van der Waals surface area contributed by atoms with Gasteiger partial charge in [-0.2, -0.15) is 0 Å². The van der Waals surface area contributed by atoms with E-state index in [1.165, 1.54) is 0 Å². The van der Waals surface area contributed by atoms with Crippen molar-refractivity contribution in [1.82, 2.24) is 4.98 Å². The van der Waals surface area contributed by atoms with Crippen LogP contribution in [0.25, 0.3) is 10.9 Å². The van der Waals surface area contributed by atoms with Gasteiger partial charge >= 0.3 is 0 Å². The standard InChI is InChI=1S/C18H14ClNO3/c1-22-13-6-4-12(5-7-13)16(21)11-23-17-9-8-15(19)14-3-2-10-20-18(14)17/h2-10H,11H2,1H3. The van der Waals surface area contributed by atoms with Crippen LogP contribution in [0.3, 0.4) is 0 Å². The number of carbonyl (C=O) groups excluding carboxylic acids is 1. The lowest BCUT2D eigenvalue weighted by atomic mass is 10.1. The Morgan fingerprint density at radius 2 is 1.91 bits per heavy atom. The highest BCUT2D eigenvalue weighted by molar-refractivity contribution is 6.35. The van der Waals surface area contributed by atoms with Gasteiger partial charge in [-0.3, -0.25) is 9.78 Å². The second kappa shape index (κ2) is 6.67. The Morgan fingerprint density at radius 1 is 1.13 bits per heavy atom. The van der Waals surface area contributed by atoms with Gasteiger partial charge in [-0.1, -0.05) is 11.6 Å². The van der Waals surface area contributed by atoms with Crippen LogP contribution in [0.4, 0.5) is 0 Å². The summed E-state index contributed by atoms with van der Waals surface area (Å²) in [5.41, 5.74) is 1.21. The third-order valence-electron chi connectivity index (χ3n) is 3.45. The van der Waals surface area contributed by atoms with Crippen molar-refractivity contribution in [3.8, 4) is 11.5 Å². The molecule has 0 aliphatic heterocycles. The van der Waals surface area contributed by atoms with Crippen LogP contribution in [-0.2, 0) is 0 Å². The van der Waals surface area contributed by atoms with Gasteiger partial charge in [0.2, 0.25) is 0 Å². The van der Waals surface area contributed by atoms with Gasteiger partial charge in [-0.15, -0.1) is 0 Å². The fourth-order valence-electron chi connectivity index (χ4n) is 2.23. The number of hydrogen-bond donors (Lipinski definition) is 0. The lowest BCUT2D eigenvalue weighted by Gasteiger charge is -2.09. The molecule has 5 heteroatoms. The maximum Gasteiger partial charge on any atom is 0.200 e. The Balaban J connectivity index is 1.77. The van der Waals surface area contributed by atoms with Gasteiger partial charge in [0.15, 0.2) is 12.4 Å². The lowest BCUT2D eigenvalue weighted by Crippen LogP contribution is -2.11. The molecule has 0 atom stereocenters. The number of aromatic nitrogens is 1. The number of benzene rings is 2. The fourth-order valence-corrected chi connectivity index (χ4v) is 2.45. The van der Waals surface area contributed by atoms with E-state index in [4.69, 9.17) is 21.1 Å². The van der Waals surface area contributed by atoms with E-state index in [1.54, 1.807) is 55.8 Å². The normalized spacial score (nSPS) is 10.5. The molecule has 0 N–H and O–H groups in total. The highest BCUT2D eigenvalue weighted by Crippen LogP contribution is 2.29. The molecule has 2 aromatic carbocycles. The molecule has 0 radical (unpaired) electrons. The first-order chi connectivity index (χ1) is 11.2. The van der Waals surface area contributed by atoms with E-state index in [1.807, 2.05) is 6.07 Å². The van der Waals surface area contributed by atoms with Crippen molar-refractivity contribution in [3.05, 3.63) is 65.3 Å². The molecule has 3 rings (SSSR count). The van der Waals surface area contributed by atoms with Gasteiger partial charge in [0, 0.05) is 17.1 Å². The van der Waals surface area contributed by atoms with Crippen LogP contribution >= 0.6 is 11.6 Å². The Hall–Kier alpha value is -2.59. The first-order valence-electron chi connectivity index (χ1n) is 7.02. The van der Waals surface area contributed by atoms with Gasteiger partial charge in [0.05, 0.1) is 12.1 Å². The van der Waals surface area contributed by atoms with Gasteiger partial charge in [0.25, 0.3) is 0 Å². The minimum Gasteiger partial charge on any atom is -0.497 e. The lowest BCUT2D eigenvalue weighted by molar-refractivity contribution is 0.0922. The Labute approximate surface area is 138 Å². The fraction of sp³-hybridized carbons (Fsp3) is 0.111. The number of Topliss-reactive ketones (excluding diaryl/α,β-unsaturated/α-hetero) is 1. The van der Waals surface area contributed by atoms with E-state index in [0.717, 1.165) is 5.39 Å². The number of rotatable bonds is 5. The van der Waals surface area contributed by atoms with Crippen LogP contribution in [0.5, 0.6) is 11.5 Å². The SMILES string of the molecule is COc1ccc(C(=O)COc2ccc(Cl)c3cccnc23)cc1. The highest BCUT2D eigenvalue weighted by Gasteiger charge is 2.10. The van der Waals surface area contributed by atoms with Crippen LogP contribution in [0, 0.1) is 0 Å². The Bertz CT molecular complexity index is 847. The maximum absolute atomic E-state index is 12.2. The molecule has 0 unspecified atom stereocenters. The van der Waals surface area contributed by atoms with Crippen LogP contribution < -0.4 is 9.47 Å². The van der Waals surface area contributed by atoms with Crippen molar-refractivity contribution in [2.75, 3.05) is 13.7 Å². The van der Waals surface area contributed by atoms with Gasteiger partial charge in [-0.05, 0) is 48.5 Å². The summed E-state index contributed by atoms with van der Waals surface area (Å²) in [5, 5.41) is 1.39. The van der Waals surface area contributed by atoms with Gasteiger partial charge < -0.3 is 9.47 Å². The van der Waals surface area contributed by atoms with Crippen molar-refractivity contribution in [2.24, 2.45) is 0 Å². The topological polar surface area (TPSA) is 48.4 Å². The molecule has 1 heterocycles. The summed E-state index contributed by atoms with van der Waals surface area (Å²) >= 11 is 6.14. The quantitative estimate of drug-likeness (QED) is 0.660. The van der Waals surface area contributed by atoms with E-state index < -0.39 is 0 Å². The summed E-state index contributed by atoms with van der Waals surface area (Å²) in [7, 11) is 1.58. The summed E-state index contributed by atoms with van der Waals surface area (Å²) in [6.45, 7) is -0.0698. The molecule has 4 nitrogen and oxygen atoms in total. The molecule has 0 amide bonds. The molecular weight excluding hydrogens is 314 g/mol. The average molecular weight is 328 g/mol. The number of pyridine rings is 1. The van der Waals surface area contributed by atoms with E-state index in [-0.39, 0.29) is 12.4 Å². The molecule has 0 fully saturated rings. The summed E-state index contributed by atoms with van der Waals surface area (Å²) in [5.74, 6) is 1.12. The van der Waals surface area contributed by atoms with Crippen LogP contribution in [0.2, 0.25) is 5.02 Å². The van der Waals surface area contributed by atoms with E-state index in [9.17, 15) is 4.79 Å². The summed E-state index contributed by atoms with van der Waals surface area (Å²) in [6, 6.07) is 14.0. The average Bonchev–Trinajstić information content (AvgIpc) is 2.61. The molecule has 0 spiro atoms. The molecule has 1 aromatic heterocycles. The van der Waals surface area contributed by atoms with E-state index in [0.29, 0.717) is 27.6 Å². The summed E-state index contributed by atoms with van der Waals surface area (Å²) in [6.07, 6.45) is 1.66. The Kier molecular flexibility index (Phi) is 4.44. The summed E-state index contributed by atoms with van der Waals surface area (Å²) in [4.78, 5) is 16.5. The minimum atomic E-state index is -0.119. The second-order valence-corrected chi connectivity index (χ2v) is 5.29. The number of fused-ring (bicyclic) bond motifs is 1. The van der Waals surface area contributed by atoms with Crippen molar-refractivity contribution < 1.29 is 14.3 Å². The highest BCUT2D eigenvalue weighted by atomic mass is 35.5.